The third-order valence-corrected chi connectivity index (χ3v) is 7.21. The number of nitrogens with zero attached hydrogens (tertiary/aromatic N) is 4. The van der Waals surface area contributed by atoms with E-state index in [2.05, 4.69) is 20.8 Å². The highest BCUT2D eigenvalue weighted by Crippen LogP contribution is 2.27. The van der Waals surface area contributed by atoms with E-state index in [9.17, 15) is 19.7 Å². The lowest BCUT2D eigenvalue weighted by molar-refractivity contribution is -0.384. The molecule has 2 aromatic carbocycles. The lowest BCUT2D eigenvalue weighted by Crippen LogP contribution is -2.33. The van der Waals surface area contributed by atoms with Crippen LogP contribution in [-0.4, -0.2) is 37.3 Å². The third kappa shape index (κ3) is 7.00. The number of benzene rings is 2. The zero-order valence-corrected chi connectivity index (χ0v) is 22.9. The maximum Gasteiger partial charge on any atom is 0.269 e. The number of halogens is 2. The molecule has 0 saturated carbocycles. The van der Waals surface area contributed by atoms with Crippen LogP contribution in [0.4, 0.5) is 11.4 Å². The number of nitro benzene ring substituents is 1. The number of hydrogen-bond acceptors (Lipinski definition) is 7. The average molecular weight is 565 g/mol. The van der Waals surface area contributed by atoms with Crippen LogP contribution in [0.3, 0.4) is 0 Å². The molecule has 196 valence electrons. The van der Waals surface area contributed by atoms with Crippen LogP contribution in [0.2, 0.25) is 10.0 Å². The molecule has 1 atom stereocenters. The first-order valence-electron chi connectivity index (χ1n) is 11.4. The molecule has 37 heavy (non-hydrogen) atoms. The number of non-ortho nitro benzene ring substituents is 1. The Morgan fingerprint density at radius 1 is 1.14 bits per heavy atom. The molecule has 0 aliphatic heterocycles. The number of carbonyl (C=O) groups excluding carboxylic acids is 2. The van der Waals surface area contributed by atoms with Gasteiger partial charge in [0.15, 0.2) is 11.0 Å². The van der Waals surface area contributed by atoms with E-state index in [0.29, 0.717) is 39.4 Å². The number of aromatic nitrogens is 3. The molecular weight excluding hydrogens is 539 g/mol. The second kappa shape index (κ2) is 12.4. The molecule has 2 N–H and O–H groups in total. The summed E-state index contributed by atoms with van der Waals surface area (Å²) in [5.41, 5.74) is 1.41. The van der Waals surface area contributed by atoms with Gasteiger partial charge in [0.05, 0.1) is 26.8 Å². The molecule has 0 spiro atoms. The van der Waals surface area contributed by atoms with Crippen LogP contribution < -0.4 is 10.6 Å². The zero-order chi connectivity index (χ0) is 27.3. The summed E-state index contributed by atoms with van der Waals surface area (Å²) in [4.78, 5) is 35.9. The van der Waals surface area contributed by atoms with Crippen molar-refractivity contribution in [2.24, 2.45) is 5.92 Å². The molecule has 10 nitrogen and oxygen atoms in total. The molecule has 0 fully saturated rings. The first-order chi connectivity index (χ1) is 17.5. The van der Waals surface area contributed by atoms with Gasteiger partial charge in [0, 0.05) is 29.9 Å². The predicted octanol–water partition coefficient (Wildman–Crippen LogP) is 5.68. The third-order valence-electron chi connectivity index (χ3n) is 5.50. The highest BCUT2D eigenvalue weighted by molar-refractivity contribution is 7.99. The lowest BCUT2D eigenvalue weighted by Gasteiger charge is -2.22. The van der Waals surface area contributed by atoms with E-state index >= 15 is 0 Å². The Kier molecular flexibility index (Phi) is 9.52. The van der Waals surface area contributed by atoms with E-state index < -0.39 is 11.0 Å². The molecule has 0 aliphatic carbocycles. The van der Waals surface area contributed by atoms with Crippen molar-refractivity contribution in [2.45, 2.75) is 45.4 Å². The van der Waals surface area contributed by atoms with Gasteiger partial charge in [0.2, 0.25) is 5.91 Å². The summed E-state index contributed by atoms with van der Waals surface area (Å²) in [5.74, 6) is 0.00117. The van der Waals surface area contributed by atoms with Gasteiger partial charge in [-0.1, -0.05) is 48.8 Å². The number of rotatable bonds is 10. The van der Waals surface area contributed by atoms with Gasteiger partial charge in [-0.2, -0.15) is 0 Å². The monoisotopic (exact) mass is 564 g/mol. The zero-order valence-electron chi connectivity index (χ0n) is 20.6. The molecule has 3 aromatic rings. The van der Waals surface area contributed by atoms with E-state index in [1.54, 1.807) is 19.1 Å². The number of aryl methyl sites for hydroxylation is 1. The number of nitrogens with one attached hydrogen (secondary N) is 2. The quantitative estimate of drug-likeness (QED) is 0.184. The van der Waals surface area contributed by atoms with Gasteiger partial charge in [-0.05, 0) is 49.6 Å². The highest BCUT2D eigenvalue weighted by atomic mass is 35.5. The number of thioether (sulfide) groups is 1. The standard InChI is InChI=1S/C24H26Cl2N6O4S/c1-5-31-22(21(13(2)3)28-23(34)15-6-8-17(25)18(26)11-15)29-30-24(31)37-12-20(33)27-19-9-7-16(32(35)36)10-14(19)4/h6-11,13,21H,5,12H2,1-4H3,(H,27,33)(H,28,34)/t21-/m1/s1. The molecular formula is C24H26Cl2N6O4S. The van der Waals surface area contributed by atoms with E-state index in [1.807, 2.05) is 25.3 Å². The van der Waals surface area contributed by atoms with Crippen molar-refractivity contribution in [3.05, 3.63) is 73.5 Å². The molecule has 13 heteroatoms. The number of amides is 2. The number of carbonyl (C=O) groups is 2. The minimum Gasteiger partial charge on any atom is -0.342 e. The van der Waals surface area contributed by atoms with Crippen LogP contribution in [-0.2, 0) is 11.3 Å². The van der Waals surface area contributed by atoms with Gasteiger partial charge in [-0.25, -0.2) is 0 Å². The van der Waals surface area contributed by atoms with Crippen LogP contribution in [0.25, 0.3) is 0 Å². The van der Waals surface area contributed by atoms with Crippen molar-refractivity contribution >= 4 is 58.2 Å². The second-order valence-electron chi connectivity index (χ2n) is 8.50. The Labute approximate surface area is 228 Å². The van der Waals surface area contributed by atoms with Crippen molar-refractivity contribution in [2.75, 3.05) is 11.1 Å². The van der Waals surface area contributed by atoms with Crippen LogP contribution in [0.5, 0.6) is 0 Å². The molecule has 1 heterocycles. The summed E-state index contributed by atoms with van der Waals surface area (Å²) in [6, 6.07) is 8.48. The number of anilines is 1. The largest absolute Gasteiger partial charge is 0.342 e. The normalized spacial score (nSPS) is 11.9. The topological polar surface area (TPSA) is 132 Å². The van der Waals surface area contributed by atoms with Crippen LogP contribution >= 0.6 is 35.0 Å². The van der Waals surface area contributed by atoms with Crippen LogP contribution in [0.15, 0.2) is 41.6 Å². The first-order valence-corrected chi connectivity index (χ1v) is 13.1. The smallest absolute Gasteiger partial charge is 0.269 e. The number of hydrogen-bond donors (Lipinski definition) is 2. The van der Waals surface area contributed by atoms with E-state index in [-0.39, 0.29) is 34.2 Å². The maximum absolute atomic E-state index is 12.9. The second-order valence-corrected chi connectivity index (χ2v) is 10.3. The Hall–Kier alpha value is -3.15. The van der Waals surface area contributed by atoms with Crippen molar-refractivity contribution in [3.8, 4) is 0 Å². The van der Waals surface area contributed by atoms with Crippen LogP contribution in [0.1, 0.15) is 48.6 Å². The van der Waals surface area contributed by atoms with Gasteiger partial charge >= 0.3 is 0 Å². The molecule has 2 amide bonds. The minimum atomic E-state index is -0.485. The van der Waals surface area contributed by atoms with Crippen molar-refractivity contribution in [1.82, 2.24) is 20.1 Å². The summed E-state index contributed by atoms with van der Waals surface area (Å²) in [7, 11) is 0. The lowest BCUT2D eigenvalue weighted by atomic mass is 10.0. The Morgan fingerprint density at radius 3 is 2.46 bits per heavy atom. The SMILES string of the molecule is CCn1c(SCC(=O)Nc2ccc([N+](=O)[O-])cc2C)nnc1[C@H](NC(=O)c1ccc(Cl)c(Cl)c1)C(C)C. The molecule has 0 saturated heterocycles. The fourth-order valence-electron chi connectivity index (χ4n) is 3.54. The molecule has 0 bridgehead atoms. The fourth-order valence-corrected chi connectivity index (χ4v) is 4.65. The molecule has 1 aromatic heterocycles. The first kappa shape index (κ1) is 28.4. The summed E-state index contributed by atoms with van der Waals surface area (Å²) >= 11 is 13.2. The minimum absolute atomic E-state index is 0.00696. The van der Waals surface area contributed by atoms with Gasteiger partial charge in [-0.15, -0.1) is 10.2 Å². The van der Waals surface area contributed by atoms with Crippen LogP contribution in [0, 0.1) is 23.0 Å². The van der Waals surface area contributed by atoms with Crippen molar-refractivity contribution < 1.29 is 14.5 Å². The highest BCUT2D eigenvalue weighted by Gasteiger charge is 2.26. The average Bonchev–Trinajstić information content (AvgIpc) is 3.26. The van der Waals surface area contributed by atoms with E-state index in [1.165, 1.54) is 36.0 Å². The Morgan fingerprint density at radius 2 is 1.86 bits per heavy atom. The fraction of sp³-hybridized carbons (Fsp3) is 0.333. The Balaban J connectivity index is 1.71. The van der Waals surface area contributed by atoms with Gasteiger partial charge in [-0.3, -0.25) is 19.7 Å². The Bertz CT molecular complexity index is 1330. The summed E-state index contributed by atoms with van der Waals surface area (Å²) in [6.45, 7) is 8.06. The van der Waals surface area contributed by atoms with E-state index in [4.69, 9.17) is 23.2 Å². The van der Waals surface area contributed by atoms with Crippen molar-refractivity contribution in [1.29, 1.82) is 0 Å². The van der Waals surface area contributed by atoms with Crippen molar-refractivity contribution in [3.63, 3.8) is 0 Å². The molecule has 0 unspecified atom stereocenters. The summed E-state index contributed by atoms with van der Waals surface area (Å²) < 4.78 is 1.86. The summed E-state index contributed by atoms with van der Waals surface area (Å²) in [6.07, 6.45) is 0. The van der Waals surface area contributed by atoms with Gasteiger partial charge in [0.25, 0.3) is 11.6 Å². The van der Waals surface area contributed by atoms with Gasteiger partial charge in [0.1, 0.15) is 0 Å². The maximum atomic E-state index is 12.9. The summed E-state index contributed by atoms with van der Waals surface area (Å²) in [5, 5.41) is 26.4. The van der Waals surface area contributed by atoms with E-state index in [0.717, 1.165) is 0 Å². The molecule has 0 radical (unpaired) electrons. The van der Waals surface area contributed by atoms with Gasteiger partial charge < -0.3 is 15.2 Å². The predicted molar refractivity (Wildman–Crippen MR) is 144 cm³/mol. The number of nitro groups is 1. The molecule has 3 rings (SSSR count). The molecule has 0 aliphatic rings.